The van der Waals surface area contributed by atoms with Gasteiger partial charge >= 0.3 is 0 Å². The zero-order valence-electron chi connectivity index (χ0n) is 84.7. The quantitative estimate of drug-likeness (QED) is 0.107. The number of H-pyrrole nitrogens is 1. The molecule has 144 heavy (non-hydrogen) atoms. The van der Waals surface area contributed by atoms with Crippen LogP contribution in [0, 0.1) is 44.0 Å². The molecule has 750 valence electrons. The summed E-state index contributed by atoms with van der Waals surface area (Å²) in [6, 6.07) is 29.1. The van der Waals surface area contributed by atoms with E-state index in [0.29, 0.717) is 145 Å². The van der Waals surface area contributed by atoms with Gasteiger partial charge in [0.2, 0.25) is 5.91 Å². The van der Waals surface area contributed by atoms with E-state index in [1.54, 1.807) is 184 Å². The molecule has 9 aromatic heterocycles. The molecule has 19 rings (SSSR count). The standard InChI is InChI=1S/2C28H31FN6O2.C27H29F2N7O2.C23H25ClFN5O2/c1-17-13-18(7-8-21(17)29)22-14-20(27(2,3)4)24-31-23(16-35(24)32-22)25(36)34-12-11-33(19-9-10-30-15-19)26(37)28(34,5)6;1-17-14-18(9-10-20(17)29)21-15-19(27(2,3)4)24-31-22(16-35(24)32-21)25(36)34-13-12-33(23-8-7-11-30-23)26(37)28(34,5)6;1-16-12-21(32-31-16)24(37)34-10-11-35(26(2,3)15-34)25(38)22-14-36-23(30-22)19(27(4,5)29)13-20(33-36)17-6-8-18(28)9-7-17;1-22(2,3)14-11-17(13-6-7-15(24)16(25)10-13)28-30-12-18(27-19(14)30)20(31)29-9-8-26-21(32)23(29,4)5/h7-9,13-16H,10-12H2,1-6H3;8-11,14-16H,7,12-13H2,1-6H3;6-9,12-14H,10-11,15H2,1-5H3,(H,31,32);6-7,10-12H,8-9H2,1-5H3,(H,26,32). The lowest BCUT2D eigenvalue weighted by Crippen LogP contribution is -2.64. The molecule has 13 aromatic rings. The van der Waals surface area contributed by atoms with E-state index in [0.717, 1.165) is 39.2 Å². The van der Waals surface area contributed by atoms with Crippen molar-refractivity contribution in [1.82, 2.24) is 108 Å². The molecule has 2 N–H and O–H groups in total. The number of hydrogen-bond donors (Lipinski definition) is 2. The number of alkyl halides is 1. The topological polar surface area (TPSA) is 345 Å². The number of aryl methyl sites for hydroxylation is 3. The summed E-state index contributed by atoms with van der Waals surface area (Å²) in [7, 11) is 0. The number of amides is 8. The van der Waals surface area contributed by atoms with Crippen molar-refractivity contribution in [2.75, 3.05) is 65.4 Å². The minimum absolute atomic E-state index is 0.0366. The molecule has 0 bridgehead atoms. The molecule has 6 aliphatic rings. The zero-order chi connectivity index (χ0) is 104. The highest BCUT2D eigenvalue weighted by molar-refractivity contribution is 6.30. The average Bonchev–Trinajstić information content (AvgIpc) is 1.57. The minimum atomic E-state index is -1.78. The van der Waals surface area contributed by atoms with Gasteiger partial charge in [0.05, 0.1) is 70.4 Å². The van der Waals surface area contributed by atoms with Crippen molar-refractivity contribution >= 4 is 93.9 Å². The maximum Gasteiger partial charge on any atom is 0.275 e. The SMILES string of the molecule is CC(C)(C)c1cc(-c2ccc(Cl)c(F)c2)nn2cc(C(=O)N3CCNC(=O)C3(C)C)nc12.Cc1cc(-c2cc(C(C)(C)C)c3nc(C(=O)N4CCN(C5=CCC=N5)C(=O)C4(C)C)cn3n2)ccc1F.Cc1cc(-c2cc(C(C)(C)C)c3nc(C(=O)N4CCN(C5=CCN=C5)C(=O)C4(C)C)cn3n2)ccc1F.Cc1cc(C(=O)N2CCN(C(=O)c3cn4nc(-c5ccc(F)cc5)cc(C(C)(C)F)c4n3)C(C)(C)C2)n[nH]1. The number of aromatic nitrogens is 14. The predicted molar refractivity (Wildman–Crippen MR) is 537 cm³/mol. The van der Waals surface area contributed by atoms with Gasteiger partial charge in [-0.3, -0.25) is 53.3 Å². The first kappa shape index (κ1) is 102. The van der Waals surface area contributed by atoms with Crippen LogP contribution in [0.3, 0.4) is 0 Å². The summed E-state index contributed by atoms with van der Waals surface area (Å²) in [5.41, 5.74) is 7.09. The normalized spacial score (nSPS) is 16.8. The number of hydrogen-bond acceptors (Lipinski definition) is 19. The van der Waals surface area contributed by atoms with Gasteiger partial charge in [0.25, 0.3) is 41.4 Å². The van der Waals surface area contributed by atoms with Gasteiger partial charge in [0.1, 0.15) is 79.8 Å². The first-order chi connectivity index (χ1) is 67.5. The smallest absolute Gasteiger partial charge is 0.275 e. The minimum Gasteiger partial charge on any atom is -0.352 e. The number of imidazole rings is 4. The van der Waals surface area contributed by atoms with Crippen LogP contribution in [0.1, 0.15) is 229 Å². The van der Waals surface area contributed by atoms with Crippen molar-refractivity contribution in [3.05, 3.63) is 253 Å². The summed E-state index contributed by atoms with van der Waals surface area (Å²) in [5, 5.41) is 28.2. The molecule has 0 radical (unpaired) electrons. The molecule has 0 unspecified atom stereocenters. The van der Waals surface area contributed by atoms with Gasteiger partial charge in [-0.25, -0.2) is 64.9 Å². The highest BCUT2D eigenvalue weighted by Gasteiger charge is 2.50. The Morgan fingerprint density at radius 2 is 0.840 bits per heavy atom. The Labute approximate surface area is 834 Å². The van der Waals surface area contributed by atoms with E-state index in [4.69, 9.17) is 31.8 Å². The Hall–Kier alpha value is -14.9. The fraction of sp³-hybridized carbons (Fsp3) is 0.387. The fourth-order valence-corrected chi connectivity index (χ4v) is 18.5. The van der Waals surface area contributed by atoms with Crippen LogP contribution in [0.5, 0.6) is 0 Å². The van der Waals surface area contributed by atoms with Crippen molar-refractivity contribution < 1.29 is 60.3 Å². The average molecular weight is 1980 g/mol. The molecule has 15 heterocycles. The first-order valence-corrected chi connectivity index (χ1v) is 47.9. The van der Waals surface area contributed by atoms with Crippen LogP contribution in [-0.4, -0.2) is 250 Å². The van der Waals surface area contributed by atoms with Crippen LogP contribution in [0.4, 0.5) is 22.0 Å². The van der Waals surface area contributed by atoms with Crippen LogP contribution >= 0.6 is 11.6 Å². The molecule has 0 spiro atoms. The highest BCUT2D eigenvalue weighted by atomic mass is 35.5. The maximum absolute atomic E-state index is 15.3. The molecule has 0 saturated carbocycles. The monoisotopic (exact) mass is 1980 g/mol. The Kier molecular flexibility index (Phi) is 27.0. The number of allylic oxidation sites excluding steroid dienone is 2. The Bertz CT molecular complexity index is 7290. The van der Waals surface area contributed by atoms with Crippen LogP contribution in [0.25, 0.3) is 67.6 Å². The van der Waals surface area contributed by atoms with Crippen LogP contribution in [0.15, 0.2) is 168 Å². The maximum atomic E-state index is 15.3. The highest BCUT2D eigenvalue weighted by Crippen LogP contribution is 2.40. The Balaban J connectivity index is 0.000000138. The predicted octanol–water partition coefficient (Wildman–Crippen LogP) is 16.7. The van der Waals surface area contributed by atoms with E-state index in [1.807, 2.05) is 71.9 Å². The van der Waals surface area contributed by atoms with Crippen molar-refractivity contribution in [2.24, 2.45) is 9.98 Å². The molecule has 6 aliphatic heterocycles. The summed E-state index contributed by atoms with van der Waals surface area (Å²) in [6.45, 7) is 44.6. The van der Waals surface area contributed by atoms with Crippen molar-refractivity contribution in [3.8, 4) is 45.0 Å². The number of aliphatic imine (C=N–C) groups is 2. The summed E-state index contributed by atoms with van der Waals surface area (Å²) in [4.78, 5) is 145. The van der Waals surface area contributed by atoms with E-state index in [9.17, 15) is 55.9 Å². The third kappa shape index (κ3) is 20.1. The zero-order valence-corrected chi connectivity index (χ0v) is 85.4. The van der Waals surface area contributed by atoms with Gasteiger partial charge in [0, 0.05) is 128 Å². The molecule has 0 aliphatic carbocycles. The number of halogens is 6. The van der Waals surface area contributed by atoms with Crippen LogP contribution in [-0.2, 0) is 36.3 Å². The molecule has 4 aromatic carbocycles. The van der Waals surface area contributed by atoms with E-state index < -0.39 is 33.6 Å². The lowest BCUT2D eigenvalue weighted by molar-refractivity contribution is -0.144. The number of carbonyl (C=O) groups is 8. The molecular weight excluding hydrogens is 1870 g/mol. The fourth-order valence-electron chi connectivity index (χ4n) is 18.4. The van der Waals surface area contributed by atoms with Gasteiger partial charge in [-0.15, -0.1) is 0 Å². The van der Waals surface area contributed by atoms with Crippen LogP contribution in [0.2, 0.25) is 5.02 Å². The number of aromatic amines is 1. The molecule has 0 atom stereocenters. The molecule has 4 saturated heterocycles. The van der Waals surface area contributed by atoms with Gasteiger partial charge in [0.15, 0.2) is 22.6 Å². The Morgan fingerprint density at radius 3 is 1.25 bits per heavy atom. The van der Waals surface area contributed by atoms with Gasteiger partial charge in [-0.1, -0.05) is 80.0 Å². The summed E-state index contributed by atoms with van der Waals surface area (Å²) in [6.07, 6.45) is 14.3. The van der Waals surface area contributed by atoms with E-state index in [1.165, 1.54) is 65.9 Å². The lowest BCUT2D eigenvalue weighted by Gasteiger charge is -2.46. The Morgan fingerprint density at radius 1 is 0.431 bits per heavy atom. The molecular formula is C106H116ClF5N24O8. The summed E-state index contributed by atoms with van der Waals surface area (Å²) >= 11 is 5.83. The second-order valence-electron chi connectivity index (χ2n) is 42.5. The number of nitrogens with one attached hydrogen (secondary N) is 2. The number of piperazine rings is 4. The second-order valence-corrected chi connectivity index (χ2v) is 42.9. The van der Waals surface area contributed by atoms with Crippen molar-refractivity contribution in [3.63, 3.8) is 0 Å². The molecule has 8 amide bonds. The van der Waals surface area contributed by atoms with Crippen LogP contribution < -0.4 is 5.32 Å². The molecule has 4 fully saturated rings. The van der Waals surface area contributed by atoms with E-state index >= 15 is 4.39 Å². The number of nitrogens with zero attached hydrogens (tertiary/aromatic N) is 22. The summed E-state index contributed by atoms with van der Waals surface area (Å²) in [5.74, 6) is -2.89. The number of rotatable bonds is 12. The first-order valence-electron chi connectivity index (χ1n) is 47.5. The third-order valence-electron chi connectivity index (χ3n) is 26.7. The third-order valence-corrected chi connectivity index (χ3v) is 27.0. The van der Waals surface area contributed by atoms with Gasteiger partial charge < -0.3 is 34.7 Å². The van der Waals surface area contributed by atoms with Crippen molar-refractivity contribution in [1.29, 1.82) is 0 Å². The van der Waals surface area contributed by atoms with Gasteiger partial charge in [-0.05, 0) is 233 Å². The van der Waals surface area contributed by atoms with E-state index in [2.05, 4.69) is 87.2 Å². The van der Waals surface area contributed by atoms with E-state index in [-0.39, 0.29) is 120 Å². The lowest BCUT2D eigenvalue weighted by atomic mass is 9.87. The second kappa shape index (κ2) is 38.1. The summed E-state index contributed by atoms with van der Waals surface area (Å²) < 4.78 is 76.8. The largest absolute Gasteiger partial charge is 0.352 e. The molecule has 38 heteroatoms. The number of fused-ring (bicyclic) bond motifs is 4. The number of benzene rings is 4. The molecule has 32 nitrogen and oxygen atoms in total. The van der Waals surface area contributed by atoms with Gasteiger partial charge in [-0.2, -0.15) is 25.5 Å². The van der Waals surface area contributed by atoms with Crippen molar-refractivity contribution in [2.45, 2.75) is 203 Å². The number of carbonyl (C=O) groups excluding carboxylic acids is 8.